The second kappa shape index (κ2) is 3.84. The van der Waals surface area contributed by atoms with Crippen molar-refractivity contribution >= 4 is 5.69 Å². The molecule has 4 heteroatoms. The van der Waals surface area contributed by atoms with Gasteiger partial charge < -0.3 is 15.0 Å². The number of nitrogen functional groups attached to an aromatic ring is 1. The van der Waals surface area contributed by atoms with Gasteiger partial charge in [0.15, 0.2) is 0 Å². The molecule has 1 aromatic rings. The minimum Gasteiger partial charge on any atom is -0.394 e. The Hall–Kier alpha value is -1.29. The summed E-state index contributed by atoms with van der Waals surface area (Å²) in [5.41, 5.74) is 5.36. The van der Waals surface area contributed by atoms with E-state index < -0.39 is 0 Å². The molecule has 2 N–H and O–H groups in total. The number of aromatic nitrogens is 1. The molecule has 0 bridgehead atoms. The van der Waals surface area contributed by atoms with Crippen LogP contribution in [0.3, 0.4) is 0 Å². The van der Waals surface area contributed by atoms with Gasteiger partial charge in [0.1, 0.15) is 6.73 Å². The minimum absolute atomic E-state index is 0.156. The summed E-state index contributed by atoms with van der Waals surface area (Å²) >= 11 is 0. The van der Waals surface area contributed by atoms with Gasteiger partial charge in [-0.15, -0.1) is 0 Å². The number of anilines is 1. The number of rotatable bonds is 2. The number of nitrogens with two attached hydrogens (primary N) is 1. The SMILES string of the molecule is CC(C)(C)OCn1ccc(=O)c(N)c1. The third-order valence-electron chi connectivity index (χ3n) is 1.65. The second-order valence-corrected chi connectivity index (χ2v) is 4.16. The predicted molar refractivity (Wildman–Crippen MR) is 56.0 cm³/mol. The van der Waals surface area contributed by atoms with Gasteiger partial charge in [0.25, 0.3) is 0 Å². The molecule has 0 spiro atoms. The van der Waals surface area contributed by atoms with Crippen molar-refractivity contribution in [2.45, 2.75) is 33.1 Å². The Kier molecular flexibility index (Phi) is 2.96. The maximum Gasteiger partial charge on any atom is 0.204 e. The van der Waals surface area contributed by atoms with Crippen LogP contribution in [-0.2, 0) is 11.5 Å². The Morgan fingerprint density at radius 2 is 2.14 bits per heavy atom. The molecule has 14 heavy (non-hydrogen) atoms. The molecular weight excluding hydrogens is 180 g/mol. The van der Waals surface area contributed by atoms with Crippen molar-refractivity contribution in [3.8, 4) is 0 Å². The molecule has 0 aliphatic heterocycles. The molecule has 78 valence electrons. The van der Waals surface area contributed by atoms with Crippen LogP contribution in [0.4, 0.5) is 5.69 Å². The quantitative estimate of drug-likeness (QED) is 0.773. The summed E-state index contributed by atoms with van der Waals surface area (Å²) in [5.74, 6) is 0. The zero-order valence-electron chi connectivity index (χ0n) is 8.78. The maximum absolute atomic E-state index is 11.0. The summed E-state index contributed by atoms with van der Waals surface area (Å²) in [6.07, 6.45) is 3.23. The fourth-order valence-electron chi connectivity index (χ4n) is 0.893. The third kappa shape index (κ3) is 3.22. The van der Waals surface area contributed by atoms with Crippen molar-refractivity contribution < 1.29 is 4.74 Å². The summed E-state index contributed by atoms with van der Waals surface area (Å²) < 4.78 is 7.25. The molecule has 0 saturated heterocycles. The highest BCUT2D eigenvalue weighted by molar-refractivity contribution is 5.33. The highest BCUT2D eigenvalue weighted by Gasteiger charge is 2.09. The van der Waals surface area contributed by atoms with E-state index in [0.717, 1.165) is 0 Å². The summed E-state index contributed by atoms with van der Waals surface area (Å²) in [4.78, 5) is 11.0. The molecule has 0 aromatic carbocycles. The molecule has 1 rings (SSSR count). The lowest BCUT2D eigenvalue weighted by molar-refractivity contribution is -0.0434. The molecule has 0 saturated carbocycles. The van der Waals surface area contributed by atoms with Crippen LogP contribution in [-0.4, -0.2) is 10.2 Å². The van der Waals surface area contributed by atoms with E-state index in [4.69, 9.17) is 10.5 Å². The number of hydrogen-bond acceptors (Lipinski definition) is 3. The van der Waals surface area contributed by atoms with Crippen molar-refractivity contribution in [2.24, 2.45) is 0 Å². The molecule has 0 atom stereocenters. The van der Waals surface area contributed by atoms with Crippen molar-refractivity contribution in [1.29, 1.82) is 0 Å². The highest BCUT2D eigenvalue weighted by Crippen LogP contribution is 2.07. The van der Waals surface area contributed by atoms with Gasteiger partial charge in [-0.2, -0.15) is 0 Å². The second-order valence-electron chi connectivity index (χ2n) is 4.16. The van der Waals surface area contributed by atoms with Crippen LogP contribution in [0.1, 0.15) is 20.8 Å². The lowest BCUT2D eigenvalue weighted by atomic mass is 10.2. The first kappa shape index (κ1) is 10.8. The van der Waals surface area contributed by atoms with E-state index in [1.165, 1.54) is 6.07 Å². The zero-order chi connectivity index (χ0) is 10.8. The monoisotopic (exact) mass is 196 g/mol. The van der Waals surface area contributed by atoms with E-state index in [2.05, 4.69) is 0 Å². The van der Waals surface area contributed by atoms with Gasteiger partial charge in [-0.25, -0.2) is 0 Å². The van der Waals surface area contributed by atoms with Gasteiger partial charge >= 0.3 is 0 Å². The van der Waals surface area contributed by atoms with Gasteiger partial charge in [0.05, 0.1) is 11.3 Å². The van der Waals surface area contributed by atoms with Crippen molar-refractivity contribution in [2.75, 3.05) is 5.73 Å². The van der Waals surface area contributed by atoms with Crippen LogP contribution in [0, 0.1) is 0 Å². The zero-order valence-corrected chi connectivity index (χ0v) is 8.78. The Bertz CT molecular complexity index is 363. The molecule has 0 aliphatic rings. The standard InChI is InChI=1S/C10H16N2O2/c1-10(2,3)14-7-12-5-4-9(13)8(11)6-12/h4-6H,7,11H2,1-3H3. The number of hydrogen-bond donors (Lipinski definition) is 1. The van der Waals surface area contributed by atoms with E-state index in [1.807, 2.05) is 20.8 Å². The first-order chi connectivity index (χ1) is 6.38. The average molecular weight is 196 g/mol. The van der Waals surface area contributed by atoms with Gasteiger partial charge in [0.2, 0.25) is 5.43 Å². The number of pyridine rings is 1. The molecule has 0 aliphatic carbocycles. The van der Waals surface area contributed by atoms with Gasteiger partial charge in [-0.1, -0.05) is 0 Å². The molecular formula is C10H16N2O2. The maximum atomic E-state index is 11.0. The fourth-order valence-corrected chi connectivity index (χ4v) is 0.893. The molecule has 1 heterocycles. The van der Waals surface area contributed by atoms with E-state index in [9.17, 15) is 4.79 Å². The molecule has 4 nitrogen and oxygen atoms in total. The fraction of sp³-hybridized carbons (Fsp3) is 0.500. The lowest BCUT2D eigenvalue weighted by Crippen LogP contribution is -2.22. The van der Waals surface area contributed by atoms with Crippen molar-refractivity contribution in [3.63, 3.8) is 0 Å². The molecule has 1 aromatic heterocycles. The molecule has 0 fully saturated rings. The van der Waals surface area contributed by atoms with Crippen LogP contribution in [0.5, 0.6) is 0 Å². The third-order valence-corrected chi connectivity index (χ3v) is 1.65. The smallest absolute Gasteiger partial charge is 0.204 e. The topological polar surface area (TPSA) is 57.2 Å². The first-order valence-electron chi connectivity index (χ1n) is 4.48. The first-order valence-corrected chi connectivity index (χ1v) is 4.48. The number of ether oxygens (including phenoxy) is 1. The van der Waals surface area contributed by atoms with Crippen LogP contribution < -0.4 is 11.2 Å². The largest absolute Gasteiger partial charge is 0.394 e. The summed E-state index contributed by atoms with van der Waals surface area (Å²) in [6, 6.07) is 1.43. The normalized spacial score (nSPS) is 11.6. The summed E-state index contributed by atoms with van der Waals surface area (Å²) in [5, 5.41) is 0. The van der Waals surface area contributed by atoms with E-state index in [-0.39, 0.29) is 16.7 Å². The molecule has 0 amide bonds. The van der Waals surface area contributed by atoms with Crippen LogP contribution >= 0.6 is 0 Å². The van der Waals surface area contributed by atoms with Gasteiger partial charge in [-0.3, -0.25) is 4.79 Å². The highest BCUT2D eigenvalue weighted by atomic mass is 16.5. The minimum atomic E-state index is -0.197. The van der Waals surface area contributed by atoms with Crippen LogP contribution in [0.2, 0.25) is 0 Å². The van der Waals surface area contributed by atoms with Gasteiger partial charge in [-0.05, 0) is 20.8 Å². The van der Waals surface area contributed by atoms with Crippen LogP contribution in [0.25, 0.3) is 0 Å². The van der Waals surface area contributed by atoms with Crippen molar-refractivity contribution in [3.05, 3.63) is 28.7 Å². The lowest BCUT2D eigenvalue weighted by Gasteiger charge is -2.20. The summed E-state index contributed by atoms with van der Waals surface area (Å²) in [6.45, 7) is 6.31. The Balaban J connectivity index is 2.70. The molecule has 0 radical (unpaired) electrons. The van der Waals surface area contributed by atoms with Gasteiger partial charge in [0, 0.05) is 18.5 Å². The Labute approximate surface area is 83.3 Å². The van der Waals surface area contributed by atoms with E-state index in [1.54, 1.807) is 17.0 Å². The predicted octanol–water partition coefficient (Wildman–Crippen LogP) is 1.20. The van der Waals surface area contributed by atoms with Crippen molar-refractivity contribution in [1.82, 2.24) is 4.57 Å². The Morgan fingerprint density at radius 3 is 2.64 bits per heavy atom. The molecule has 0 unspecified atom stereocenters. The Morgan fingerprint density at radius 1 is 1.50 bits per heavy atom. The van der Waals surface area contributed by atoms with Crippen LogP contribution in [0.15, 0.2) is 23.3 Å². The summed E-state index contributed by atoms with van der Waals surface area (Å²) in [7, 11) is 0. The number of nitrogens with zero attached hydrogens (tertiary/aromatic N) is 1. The van der Waals surface area contributed by atoms with E-state index >= 15 is 0 Å². The van der Waals surface area contributed by atoms with E-state index in [0.29, 0.717) is 6.73 Å². The average Bonchev–Trinajstić information content (AvgIpc) is 2.06.